The van der Waals surface area contributed by atoms with Crippen molar-refractivity contribution in [2.45, 2.75) is 32.8 Å². The van der Waals surface area contributed by atoms with Crippen LogP contribution in [0.15, 0.2) is 11.8 Å². The van der Waals surface area contributed by atoms with E-state index in [2.05, 4.69) is 0 Å². The van der Waals surface area contributed by atoms with E-state index in [9.17, 15) is 9.59 Å². The van der Waals surface area contributed by atoms with Crippen LogP contribution in [0.3, 0.4) is 0 Å². The maximum atomic E-state index is 11.7. The molecule has 0 unspecified atom stereocenters. The Labute approximate surface area is 101 Å². The number of hydrogen-bond acceptors (Lipinski definition) is 4. The number of likely N-dealkylation sites (N-methyl/N-ethyl adjacent to an activating group) is 1. The van der Waals surface area contributed by atoms with E-state index in [1.807, 2.05) is 0 Å². The quantitative estimate of drug-likeness (QED) is 0.755. The third-order valence-corrected chi connectivity index (χ3v) is 2.16. The number of ketones is 1. The zero-order valence-electron chi connectivity index (χ0n) is 10.8. The summed E-state index contributed by atoms with van der Waals surface area (Å²) in [4.78, 5) is 24.6. The van der Waals surface area contributed by atoms with Crippen LogP contribution in [0.25, 0.3) is 0 Å². The van der Waals surface area contributed by atoms with Crippen LogP contribution in [-0.2, 0) is 14.3 Å². The van der Waals surface area contributed by atoms with E-state index >= 15 is 0 Å². The van der Waals surface area contributed by atoms with Gasteiger partial charge in [0.1, 0.15) is 5.60 Å². The van der Waals surface area contributed by atoms with Crippen LogP contribution < -0.4 is 0 Å². The fraction of sp³-hybridized carbons (Fsp3) is 0.667. The summed E-state index contributed by atoms with van der Waals surface area (Å²) in [5, 5.41) is 0. The molecule has 17 heavy (non-hydrogen) atoms. The first-order valence-electron chi connectivity index (χ1n) is 5.57. The van der Waals surface area contributed by atoms with Gasteiger partial charge >= 0.3 is 6.09 Å². The molecule has 0 aromatic heterocycles. The van der Waals surface area contributed by atoms with Crippen LogP contribution in [0.4, 0.5) is 4.79 Å². The van der Waals surface area contributed by atoms with Gasteiger partial charge in [0, 0.05) is 19.0 Å². The van der Waals surface area contributed by atoms with Crippen molar-refractivity contribution in [3.8, 4) is 0 Å². The summed E-state index contributed by atoms with van der Waals surface area (Å²) in [6.07, 6.45) is 1.58. The summed E-state index contributed by atoms with van der Waals surface area (Å²) < 4.78 is 10.1. The predicted molar refractivity (Wildman–Crippen MR) is 62.5 cm³/mol. The molecular weight excluding hydrogens is 222 g/mol. The second kappa shape index (κ2) is 5.21. The minimum absolute atomic E-state index is 0.0180. The molecule has 0 N–H and O–H groups in total. The Morgan fingerprint density at radius 3 is 2.59 bits per heavy atom. The van der Waals surface area contributed by atoms with Gasteiger partial charge in [-0.3, -0.25) is 4.79 Å². The number of ether oxygens (including phenoxy) is 2. The topological polar surface area (TPSA) is 55.8 Å². The van der Waals surface area contributed by atoms with Gasteiger partial charge in [-0.15, -0.1) is 0 Å². The van der Waals surface area contributed by atoms with Crippen LogP contribution in [0.1, 0.15) is 27.2 Å². The maximum absolute atomic E-state index is 11.7. The molecule has 0 bridgehead atoms. The average molecular weight is 241 g/mol. The van der Waals surface area contributed by atoms with Gasteiger partial charge in [-0.25, -0.2) is 4.79 Å². The largest absolute Gasteiger partial charge is 0.500 e. The summed E-state index contributed by atoms with van der Waals surface area (Å²) in [6.45, 7) is 5.91. The third kappa shape index (κ3) is 4.46. The molecule has 0 saturated carbocycles. The first-order valence-corrected chi connectivity index (χ1v) is 5.57. The second-order valence-corrected chi connectivity index (χ2v) is 5.02. The molecule has 0 aromatic carbocycles. The normalized spacial score (nSPS) is 14.9. The lowest BCUT2D eigenvalue weighted by Gasteiger charge is -2.24. The molecule has 0 atom stereocenters. The highest BCUT2D eigenvalue weighted by Gasteiger charge is 2.23. The number of amides is 1. The Morgan fingerprint density at radius 2 is 2.12 bits per heavy atom. The second-order valence-electron chi connectivity index (χ2n) is 5.02. The van der Waals surface area contributed by atoms with Crippen molar-refractivity contribution >= 4 is 11.9 Å². The fourth-order valence-electron chi connectivity index (χ4n) is 1.31. The summed E-state index contributed by atoms with van der Waals surface area (Å²) >= 11 is 0. The molecule has 0 fully saturated rings. The number of carbonyl (C=O) groups excluding carboxylic acids is 2. The first-order chi connectivity index (χ1) is 7.79. The van der Waals surface area contributed by atoms with E-state index in [0.717, 1.165) is 0 Å². The zero-order chi connectivity index (χ0) is 13.1. The minimum Gasteiger partial charge on any atom is -0.500 e. The van der Waals surface area contributed by atoms with Gasteiger partial charge < -0.3 is 14.4 Å². The van der Waals surface area contributed by atoms with E-state index in [1.165, 1.54) is 11.2 Å². The van der Waals surface area contributed by atoms with Crippen molar-refractivity contribution in [2.75, 3.05) is 20.2 Å². The Balaban J connectivity index is 2.45. The van der Waals surface area contributed by atoms with Crippen molar-refractivity contribution < 1.29 is 19.1 Å². The molecule has 1 aliphatic rings. The van der Waals surface area contributed by atoms with E-state index in [0.29, 0.717) is 18.6 Å². The molecule has 0 spiro atoms. The van der Waals surface area contributed by atoms with Crippen LogP contribution in [-0.4, -0.2) is 42.6 Å². The molecule has 0 saturated heterocycles. The monoisotopic (exact) mass is 241 g/mol. The third-order valence-electron chi connectivity index (χ3n) is 2.16. The number of rotatable bonds is 3. The molecule has 5 heteroatoms. The smallest absolute Gasteiger partial charge is 0.410 e. The number of carbonyl (C=O) groups is 2. The molecule has 1 heterocycles. The standard InChI is InChI=1S/C12H19NO4/c1-12(2,3)17-11(15)13(4)7-10(14)9-5-6-16-8-9/h8H,5-7H2,1-4H3. The Bertz CT molecular complexity index is 341. The minimum atomic E-state index is -0.551. The average Bonchev–Trinajstić information content (AvgIpc) is 2.67. The molecule has 0 aromatic rings. The van der Waals surface area contributed by atoms with Gasteiger partial charge in [-0.05, 0) is 20.8 Å². The van der Waals surface area contributed by atoms with Crippen molar-refractivity contribution in [3.05, 3.63) is 11.8 Å². The first kappa shape index (κ1) is 13.5. The van der Waals surface area contributed by atoms with E-state index in [4.69, 9.17) is 9.47 Å². The van der Waals surface area contributed by atoms with Gasteiger partial charge in [0.05, 0.1) is 19.4 Å². The SMILES string of the molecule is CN(CC(=O)C1=COCC1)C(=O)OC(C)(C)C. The van der Waals surface area contributed by atoms with E-state index in [-0.39, 0.29) is 12.3 Å². The molecule has 0 radical (unpaired) electrons. The summed E-state index contributed by atoms with van der Waals surface area (Å²) in [6, 6.07) is 0. The highest BCUT2D eigenvalue weighted by Crippen LogP contribution is 2.13. The molecule has 1 rings (SSSR count). The van der Waals surface area contributed by atoms with E-state index in [1.54, 1.807) is 27.8 Å². The molecule has 5 nitrogen and oxygen atoms in total. The molecule has 0 aliphatic carbocycles. The van der Waals surface area contributed by atoms with Crippen molar-refractivity contribution in [1.82, 2.24) is 4.90 Å². The summed E-state index contributed by atoms with van der Waals surface area (Å²) in [5.74, 6) is -0.101. The summed E-state index contributed by atoms with van der Waals surface area (Å²) in [5.41, 5.74) is 0.0739. The van der Waals surface area contributed by atoms with Gasteiger partial charge in [-0.2, -0.15) is 0 Å². The lowest BCUT2D eigenvalue weighted by atomic mass is 10.1. The van der Waals surface area contributed by atoms with Crippen molar-refractivity contribution in [2.24, 2.45) is 0 Å². The highest BCUT2D eigenvalue weighted by atomic mass is 16.6. The van der Waals surface area contributed by atoms with Crippen LogP contribution >= 0.6 is 0 Å². The molecular formula is C12H19NO4. The lowest BCUT2D eigenvalue weighted by molar-refractivity contribution is -0.116. The molecule has 1 amide bonds. The molecule has 96 valence electrons. The predicted octanol–water partition coefficient (Wildman–Crippen LogP) is 1.73. The Morgan fingerprint density at radius 1 is 1.47 bits per heavy atom. The zero-order valence-corrected chi connectivity index (χ0v) is 10.8. The Kier molecular flexibility index (Phi) is 4.15. The maximum Gasteiger partial charge on any atom is 0.410 e. The summed E-state index contributed by atoms with van der Waals surface area (Å²) in [7, 11) is 1.54. The van der Waals surface area contributed by atoms with Crippen molar-refractivity contribution in [1.29, 1.82) is 0 Å². The van der Waals surface area contributed by atoms with Gasteiger partial charge in [0.25, 0.3) is 0 Å². The van der Waals surface area contributed by atoms with Gasteiger partial charge in [0.15, 0.2) is 5.78 Å². The number of nitrogens with zero attached hydrogens (tertiary/aromatic N) is 1. The highest BCUT2D eigenvalue weighted by molar-refractivity contribution is 5.98. The van der Waals surface area contributed by atoms with Crippen LogP contribution in [0, 0.1) is 0 Å². The lowest BCUT2D eigenvalue weighted by Crippen LogP contribution is -2.37. The molecule has 1 aliphatic heterocycles. The van der Waals surface area contributed by atoms with Crippen LogP contribution in [0.5, 0.6) is 0 Å². The Hall–Kier alpha value is -1.52. The van der Waals surface area contributed by atoms with Crippen molar-refractivity contribution in [3.63, 3.8) is 0 Å². The fourth-order valence-corrected chi connectivity index (χ4v) is 1.31. The number of Topliss-reactive ketones (excluding diaryl/α,β-unsaturated/α-hetero) is 1. The van der Waals surface area contributed by atoms with Gasteiger partial charge in [-0.1, -0.05) is 0 Å². The van der Waals surface area contributed by atoms with Gasteiger partial charge in [0.2, 0.25) is 0 Å². The van der Waals surface area contributed by atoms with Crippen LogP contribution in [0.2, 0.25) is 0 Å². The number of hydrogen-bond donors (Lipinski definition) is 0. The van der Waals surface area contributed by atoms with E-state index < -0.39 is 11.7 Å².